The monoisotopic (exact) mass is 776 g/mol. The first-order valence-corrected chi connectivity index (χ1v) is 20.8. The average molecular weight is 777 g/mol. The Morgan fingerprint density at radius 2 is 0.934 bits per heavy atom. The van der Waals surface area contributed by atoms with Crippen LogP contribution in [0.1, 0.15) is 0 Å². The highest BCUT2D eigenvalue weighted by atomic mass is 16.3. The van der Waals surface area contributed by atoms with Crippen molar-refractivity contribution < 1.29 is 4.42 Å². The first-order chi connectivity index (χ1) is 30.3. The highest BCUT2D eigenvalue weighted by molar-refractivity contribution is 6.37. The zero-order chi connectivity index (χ0) is 39.8. The predicted molar refractivity (Wildman–Crippen MR) is 253 cm³/mol. The van der Waals surface area contributed by atoms with Crippen LogP contribution in [0.4, 0.5) is 0 Å². The molecule has 0 aliphatic heterocycles. The molecule has 0 saturated heterocycles. The highest BCUT2D eigenvalue weighted by Gasteiger charge is 2.25. The summed E-state index contributed by atoms with van der Waals surface area (Å²) in [6, 6.07) is 69.6. The molecular weight excluding hydrogens is 745 g/mol. The van der Waals surface area contributed by atoms with Gasteiger partial charge in [-0.3, -0.25) is 4.57 Å². The van der Waals surface area contributed by atoms with E-state index in [1.165, 1.54) is 64.6 Å². The molecule has 4 heterocycles. The number of aromatic nitrogens is 4. The van der Waals surface area contributed by atoms with E-state index in [1.54, 1.807) is 0 Å². The van der Waals surface area contributed by atoms with Crippen LogP contribution in [0.25, 0.3) is 132 Å². The van der Waals surface area contributed by atoms with Crippen LogP contribution in [0.5, 0.6) is 0 Å². The summed E-state index contributed by atoms with van der Waals surface area (Å²) in [5.41, 5.74) is 8.61. The van der Waals surface area contributed by atoms with E-state index in [4.69, 9.17) is 14.4 Å². The van der Waals surface area contributed by atoms with Crippen molar-refractivity contribution >= 4 is 109 Å². The fourth-order valence-corrected chi connectivity index (χ4v) is 10.4. The van der Waals surface area contributed by atoms with Crippen LogP contribution in [0.3, 0.4) is 0 Å². The smallest absolute Gasteiger partial charge is 0.238 e. The molecule has 10 aromatic carbocycles. The summed E-state index contributed by atoms with van der Waals surface area (Å²) in [5, 5.41) is 16.5. The maximum Gasteiger partial charge on any atom is 0.238 e. The van der Waals surface area contributed by atoms with Gasteiger partial charge in [-0.15, -0.1) is 0 Å². The summed E-state index contributed by atoms with van der Waals surface area (Å²) in [6.45, 7) is 0. The number of nitrogens with zero attached hydrogens (tertiary/aromatic N) is 4. The van der Waals surface area contributed by atoms with Crippen LogP contribution in [0.2, 0.25) is 0 Å². The Balaban J connectivity index is 1.14. The molecule has 5 heteroatoms. The summed E-state index contributed by atoms with van der Waals surface area (Å²) in [7, 11) is 0. The number of para-hydroxylation sites is 3. The van der Waals surface area contributed by atoms with Crippen LogP contribution >= 0.6 is 0 Å². The van der Waals surface area contributed by atoms with Crippen molar-refractivity contribution in [1.82, 2.24) is 19.1 Å². The number of rotatable bonds is 3. The molecule has 0 N–H and O–H groups in total. The summed E-state index contributed by atoms with van der Waals surface area (Å²) in [6.07, 6.45) is 0. The fraction of sp³-hybridized carbons (Fsp3) is 0. The molecule has 0 fully saturated rings. The van der Waals surface area contributed by atoms with Crippen molar-refractivity contribution in [2.75, 3.05) is 0 Å². The van der Waals surface area contributed by atoms with E-state index >= 15 is 0 Å². The lowest BCUT2D eigenvalue weighted by Crippen LogP contribution is -2.03. The Bertz CT molecular complexity index is 4140. The van der Waals surface area contributed by atoms with Gasteiger partial charge >= 0.3 is 0 Å². The normalized spacial score (nSPS) is 12.3. The first-order valence-electron chi connectivity index (χ1n) is 20.8. The second kappa shape index (κ2) is 12.1. The minimum Gasteiger partial charge on any atom is -0.437 e. The Kier molecular flexibility index (Phi) is 6.49. The highest BCUT2D eigenvalue weighted by Crippen LogP contribution is 2.46. The molecule has 61 heavy (non-hydrogen) atoms. The molecule has 0 radical (unpaired) electrons. The van der Waals surface area contributed by atoms with Gasteiger partial charge in [0.1, 0.15) is 5.58 Å². The van der Waals surface area contributed by atoms with Gasteiger partial charge in [0.25, 0.3) is 0 Å². The van der Waals surface area contributed by atoms with E-state index in [0.717, 1.165) is 55.4 Å². The third-order valence-corrected chi connectivity index (χ3v) is 12.9. The molecule has 0 aliphatic carbocycles. The summed E-state index contributed by atoms with van der Waals surface area (Å²) in [4.78, 5) is 11.0. The molecule has 0 amide bonds. The lowest BCUT2D eigenvalue weighted by Gasteiger charge is -2.13. The SMILES string of the molecule is c1ccc(-n2c3ccccc3c3ccc(-c4nc(-n5c6ccc7ccccc7c6c6c7c8ccccc8c8ccccc8c7ccc65)nc5oc6ccccc6c45)cc32)cc1. The lowest BCUT2D eigenvalue weighted by molar-refractivity contribution is 0.651. The Labute approximate surface area is 347 Å². The van der Waals surface area contributed by atoms with E-state index in [9.17, 15) is 0 Å². The molecule has 5 nitrogen and oxygen atoms in total. The zero-order valence-corrected chi connectivity index (χ0v) is 32.7. The zero-order valence-electron chi connectivity index (χ0n) is 32.7. The minimum absolute atomic E-state index is 0.554. The van der Waals surface area contributed by atoms with Crippen molar-refractivity contribution in [1.29, 1.82) is 0 Å². The molecule has 282 valence electrons. The van der Waals surface area contributed by atoms with E-state index in [-0.39, 0.29) is 0 Å². The molecule has 14 aromatic rings. The van der Waals surface area contributed by atoms with Crippen molar-refractivity contribution in [2.45, 2.75) is 0 Å². The van der Waals surface area contributed by atoms with E-state index in [0.29, 0.717) is 11.7 Å². The number of hydrogen-bond acceptors (Lipinski definition) is 3. The lowest BCUT2D eigenvalue weighted by atomic mass is 9.91. The summed E-state index contributed by atoms with van der Waals surface area (Å²) in [5.74, 6) is 0.560. The number of hydrogen-bond donors (Lipinski definition) is 0. The molecule has 0 bridgehead atoms. The van der Waals surface area contributed by atoms with Gasteiger partial charge in [0.05, 0.1) is 33.1 Å². The Morgan fingerprint density at radius 3 is 1.75 bits per heavy atom. The molecule has 0 atom stereocenters. The van der Waals surface area contributed by atoms with Crippen molar-refractivity contribution in [3.63, 3.8) is 0 Å². The largest absolute Gasteiger partial charge is 0.437 e. The predicted octanol–water partition coefficient (Wildman–Crippen LogP) is 14.8. The molecule has 0 unspecified atom stereocenters. The molecule has 0 saturated carbocycles. The maximum absolute atomic E-state index is 6.68. The van der Waals surface area contributed by atoms with Crippen LogP contribution in [0.15, 0.2) is 199 Å². The molecule has 0 spiro atoms. The second-order valence-electron chi connectivity index (χ2n) is 16.1. The number of furan rings is 1. The van der Waals surface area contributed by atoms with Gasteiger partial charge in [0.2, 0.25) is 11.7 Å². The first kappa shape index (κ1) is 32.7. The quantitative estimate of drug-likeness (QED) is 0.168. The van der Waals surface area contributed by atoms with Crippen LogP contribution < -0.4 is 0 Å². The fourth-order valence-electron chi connectivity index (χ4n) is 10.4. The van der Waals surface area contributed by atoms with Gasteiger partial charge < -0.3 is 8.98 Å². The van der Waals surface area contributed by atoms with Crippen molar-refractivity contribution in [3.8, 4) is 22.9 Å². The maximum atomic E-state index is 6.68. The van der Waals surface area contributed by atoms with Gasteiger partial charge in [-0.1, -0.05) is 152 Å². The Hall–Kier alpha value is -8.28. The topological polar surface area (TPSA) is 48.8 Å². The van der Waals surface area contributed by atoms with Crippen LogP contribution in [-0.4, -0.2) is 19.1 Å². The molecule has 4 aromatic heterocycles. The second-order valence-corrected chi connectivity index (χ2v) is 16.1. The Morgan fingerprint density at radius 1 is 0.344 bits per heavy atom. The van der Waals surface area contributed by atoms with E-state index in [2.05, 4.69) is 191 Å². The van der Waals surface area contributed by atoms with Crippen molar-refractivity contribution in [2.24, 2.45) is 0 Å². The van der Waals surface area contributed by atoms with E-state index < -0.39 is 0 Å². The van der Waals surface area contributed by atoms with Gasteiger partial charge in [0.15, 0.2) is 0 Å². The van der Waals surface area contributed by atoms with Crippen LogP contribution in [0, 0.1) is 0 Å². The summed E-state index contributed by atoms with van der Waals surface area (Å²) >= 11 is 0. The van der Waals surface area contributed by atoms with Gasteiger partial charge in [-0.2, -0.15) is 4.98 Å². The third kappa shape index (κ3) is 4.44. The molecular formula is C56H32N4O. The van der Waals surface area contributed by atoms with Gasteiger partial charge in [0, 0.05) is 43.6 Å². The molecule has 14 rings (SSSR count). The van der Waals surface area contributed by atoms with Gasteiger partial charge in [-0.25, -0.2) is 4.98 Å². The molecule has 0 aliphatic rings. The average Bonchev–Trinajstić information content (AvgIpc) is 3.99. The minimum atomic E-state index is 0.554. The van der Waals surface area contributed by atoms with E-state index in [1.807, 2.05) is 12.1 Å². The number of fused-ring (bicyclic) bond motifs is 18. The van der Waals surface area contributed by atoms with Crippen molar-refractivity contribution in [3.05, 3.63) is 194 Å². The van der Waals surface area contributed by atoms with Gasteiger partial charge in [-0.05, 0) is 80.2 Å². The third-order valence-electron chi connectivity index (χ3n) is 12.9. The van der Waals surface area contributed by atoms with Crippen LogP contribution in [-0.2, 0) is 0 Å². The number of benzene rings is 10. The standard InChI is InChI=1S/C56H32N4O/c1-2-15-35(16-3-1)59-45-24-12-10-21-40(45)41-28-26-34(32-48(41)59)54-52-44-23-11-13-25-49(44)61-55(52)58-56(57-54)60-46-30-27-33-14-4-5-17-36(33)51(46)53-47(60)31-29-43-39-20-7-6-18-37(39)38-19-8-9-22-42(38)50(43)53/h1-32H. The summed E-state index contributed by atoms with van der Waals surface area (Å²) < 4.78 is 11.3.